The maximum atomic E-state index is 9.94. The molecule has 7 heteroatoms. The Morgan fingerprint density at radius 1 is 1.41 bits per heavy atom. The number of aryl methyl sites for hydroxylation is 1. The average Bonchev–Trinajstić information content (AvgIpc) is 2.42. The van der Waals surface area contributed by atoms with Crippen LogP contribution in [0.1, 0.15) is 40.2 Å². The molecule has 0 spiro atoms. The molecule has 1 aromatic rings. The summed E-state index contributed by atoms with van der Waals surface area (Å²) in [5, 5.41) is 17.2. The SMILES string of the molecule is CC(C)=NNc1ncc(C)c(OCC(O)CNC(C)(C)C)n1. The van der Waals surface area contributed by atoms with Gasteiger partial charge in [0.2, 0.25) is 11.8 Å². The molecule has 0 bridgehead atoms. The number of β-amino-alcohol motifs (C(OH)–C–C–N with tert-alkyl or cyclic N) is 1. The third-order valence-electron chi connectivity index (χ3n) is 2.59. The van der Waals surface area contributed by atoms with Crippen LogP contribution in [0.5, 0.6) is 5.88 Å². The van der Waals surface area contributed by atoms with Crippen molar-refractivity contribution in [1.29, 1.82) is 0 Å². The summed E-state index contributed by atoms with van der Waals surface area (Å²) >= 11 is 0. The summed E-state index contributed by atoms with van der Waals surface area (Å²) in [4.78, 5) is 8.36. The summed E-state index contributed by atoms with van der Waals surface area (Å²) in [6.45, 7) is 12.4. The molecule has 0 fully saturated rings. The highest BCUT2D eigenvalue weighted by Gasteiger charge is 2.13. The minimum Gasteiger partial charge on any atom is -0.475 e. The fraction of sp³-hybridized carbons (Fsp3) is 0.667. The second kappa shape index (κ2) is 8.05. The van der Waals surface area contributed by atoms with Gasteiger partial charge in [-0.3, -0.25) is 0 Å². The molecule has 124 valence electrons. The topological polar surface area (TPSA) is 91.7 Å². The number of hydrogen-bond donors (Lipinski definition) is 3. The lowest BCUT2D eigenvalue weighted by Crippen LogP contribution is -2.42. The number of ether oxygens (including phenoxy) is 1. The number of anilines is 1. The normalized spacial score (nSPS) is 12.7. The van der Waals surface area contributed by atoms with Crippen molar-refractivity contribution in [3.8, 4) is 5.88 Å². The van der Waals surface area contributed by atoms with Crippen molar-refractivity contribution in [3.63, 3.8) is 0 Å². The van der Waals surface area contributed by atoms with Crippen LogP contribution in [0.2, 0.25) is 0 Å². The summed E-state index contributed by atoms with van der Waals surface area (Å²) in [5.41, 5.74) is 4.39. The minimum atomic E-state index is -0.610. The molecule has 0 saturated carbocycles. The highest BCUT2D eigenvalue weighted by Crippen LogP contribution is 2.15. The Morgan fingerprint density at radius 3 is 2.68 bits per heavy atom. The molecule has 0 aliphatic heterocycles. The largest absolute Gasteiger partial charge is 0.475 e. The Bertz CT molecular complexity index is 507. The number of hydrazone groups is 1. The molecule has 7 nitrogen and oxygen atoms in total. The minimum absolute atomic E-state index is 0.0427. The van der Waals surface area contributed by atoms with E-state index in [0.717, 1.165) is 11.3 Å². The zero-order valence-corrected chi connectivity index (χ0v) is 14.3. The Hall–Kier alpha value is -1.73. The van der Waals surface area contributed by atoms with Crippen LogP contribution < -0.4 is 15.5 Å². The zero-order chi connectivity index (χ0) is 16.8. The van der Waals surface area contributed by atoms with Crippen molar-refractivity contribution in [1.82, 2.24) is 15.3 Å². The number of aliphatic hydroxyl groups excluding tert-OH is 1. The first-order valence-corrected chi connectivity index (χ1v) is 7.34. The third-order valence-corrected chi connectivity index (χ3v) is 2.59. The molecule has 1 unspecified atom stereocenters. The van der Waals surface area contributed by atoms with Crippen molar-refractivity contribution in [2.45, 2.75) is 53.2 Å². The number of rotatable bonds is 7. The Balaban J connectivity index is 2.57. The van der Waals surface area contributed by atoms with E-state index in [2.05, 4.69) is 25.8 Å². The molecule has 3 N–H and O–H groups in total. The molecule has 1 aromatic heterocycles. The molecular formula is C15H27N5O2. The quantitative estimate of drug-likeness (QED) is 0.525. The molecule has 0 aliphatic carbocycles. The molecular weight excluding hydrogens is 282 g/mol. The van der Waals surface area contributed by atoms with Gasteiger partial charge in [-0.25, -0.2) is 10.4 Å². The molecule has 0 aromatic carbocycles. The van der Waals surface area contributed by atoms with Crippen LogP contribution in [-0.2, 0) is 0 Å². The number of nitrogens with zero attached hydrogens (tertiary/aromatic N) is 3. The lowest BCUT2D eigenvalue weighted by molar-refractivity contribution is 0.0973. The lowest BCUT2D eigenvalue weighted by Gasteiger charge is -2.23. The summed E-state index contributed by atoms with van der Waals surface area (Å²) in [6.07, 6.45) is 1.05. The van der Waals surface area contributed by atoms with Gasteiger partial charge in [-0.05, 0) is 41.5 Å². The van der Waals surface area contributed by atoms with Gasteiger partial charge < -0.3 is 15.2 Å². The van der Waals surface area contributed by atoms with Crippen LogP contribution in [0.4, 0.5) is 5.95 Å². The average molecular weight is 309 g/mol. The van der Waals surface area contributed by atoms with Gasteiger partial charge in [0.1, 0.15) is 12.7 Å². The van der Waals surface area contributed by atoms with Crippen LogP contribution >= 0.6 is 0 Å². The molecule has 1 atom stereocenters. The number of hydrogen-bond acceptors (Lipinski definition) is 7. The summed E-state index contributed by atoms with van der Waals surface area (Å²) in [5.74, 6) is 0.806. The number of aliphatic hydroxyl groups is 1. The maximum Gasteiger partial charge on any atom is 0.246 e. The van der Waals surface area contributed by atoms with Gasteiger partial charge in [-0.1, -0.05) is 0 Å². The smallest absolute Gasteiger partial charge is 0.246 e. The van der Waals surface area contributed by atoms with Crippen molar-refractivity contribution in [2.24, 2.45) is 5.10 Å². The first-order valence-electron chi connectivity index (χ1n) is 7.34. The molecule has 22 heavy (non-hydrogen) atoms. The summed E-state index contributed by atoms with van der Waals surface area (Å²) in [7, 11) is 0. The highest BCUT2D eigenvalue weighted by atomic mass is 16.5. The van der Waals surface area contributed by atoms with E-state index in [1.54, 1.807) is 6.20 Å². The van der Waals surface area contributed by atoms with Gasteiger partial charge >= 0.3 is 0 Å². The monoisotopic (exact) mass is 309 g/mol. The number of aromatic nitrogens is 2. The van der Waals surface area contributed by atoms with Crippen molar-refractivity contribution < 1.29 is 9.84 Å². The van der Waals surface area contributed by atoms with E-state index in [0.29, 0.717) is 18.4 Å². The standard InChI is InChI=1S/C15H27N5O2/c1-10(2)19-20-14-16-7-11(3)13(18-14)22-9-12(21)8-17-15(4,5)6/h7,12,17,21H,8-9H2,1-6H3,(H,16,18,20). The fourth-order valence-corrected chi connectivity index (χ4v) is 1.45. The van der Waals surface area contributed by atoms with E-state index in [9.17, 15) is 5.11 Å². The van der Waals surface area contributed by atoms with Crippen LogP contribution in [0.15, 0.2) is 11.3 Å². The first kappa shape index (κ1) is 18.3. The van der Waals surface area contributed by atoms with Crippen molar-refractivity contribution in [2.75, 3.05) is 18.6 Å². The first-order chi connectivity index (χ1) is 10.2. The van der Waals surface area contributed by atoms with Gasteiger partial charge in [0.25, 0.3) is 0 Å². The van der Waals surface area contributed by atoms with Gasteiger partial charge in [-0.2, -0.15) is 10.1 Å². The third kappa shape index (κ3) is 7.33. The van der Waals surface area contributed by atoms with Crippen LogP contribution in [-0.4, -0.2) is 45.6 Å². The van der Waals surface area contributed by atoms with Gasteiger partial charge in [0.15, 0.2) is 0 Å². The van der Waals surface area contributed by atoms with Crippen LogP contribution in [0.25, 0.3) is 0 Å². The predicted octanol–water partition coefficient (Wildman–Crippen LogP) is 1.72. The van der Waals surface area contributed by atoms with E-state index in [1.165, 1.54) is 0 Å². The van der Waals surface area contributed by atoms with E-state index in [1.807, 2.05) is 41.5 Å². The molecule has 0 saturated heterocycles. The second-order valence-electron chi connectivity index (χ2n) is 6.45. The van der Waals surface area contributed by atoms with Crippen LogP contribution in [0, 0.1) is 6.92 Å². The molecule has 0 amide bonds. The molecule has 1 rings (SSSR count). The van der Waals surface area contributed by atoms with Crippen molar-refractivity contribution in [3.05, 3.63) is 11.8 Å². The zero-order valence-electron chi connectivity index (χ0n) is 14.3. The van der Waals surface area contributed by atoms with E-state index >= 15 is 0 Å². The maximum absolute atomic E-state index is 9.94. The Labute approximate surface area is 132 Å². The van der Waals surface area contributed by atoms with Gasteiger partial charge in [0, 0.05) is 29.6 Å². The van der Waals surface area contributed by atoms with E-state index < -0.39 is 6.10 Å². The van der Waals surface area contributed by atoms with E-state index in [-0.39, 0.29) is 12.1 Å². The molecule has 0 aliphatic rings. The summed E-state index contributed by atoms with van der Waals surface area (Å²) < 4.78 is 5.58. The number of nitrogens with one attached hydrogen (secondary N) is 2. The summed E-state index contributed by atoms with van der Waals surface area (Å²) in [6, 6.07) is 0. The van der Waals surface area contributed by atoms with Gasteiger partial charge in [-0.15, -0.1) is 0 Å². The van der Waals surface area contributed by atoms with Crippen LogP contribution in [0.3, 0.4) is 0 Å². The van der Waals surface area contributed by atoms with Gasteiger partial charge in [0.05, 0.1) is 0 Å². The highest BCUT2D eigenvalue weighted by molar-refractivity contribution is 5.79. The predicted molar refractivity (Wildman–Crippen MR) is 88.4 cm³/mol. The van der Waals surface area contributed by atoms with E-state index in [4.69, 9.17) is 4.74 Å². The lowest BCUT2D eigenvalue weighted by atomic mass is 10.1. The Morgan fingerprint density at radius 2 is 2.09 bits per heavy atom. The molecule has 0 radical (unpaired) electrons. The molecule has 1 heterocycles. The Kier molecular flexibility index (Phi) is 6.70. The fourth-order valence-electron chi connectivity index (χ4n) is 1.45. The second-order valence-corrected chi connectivity index (χ2v) is 6.45. The van der Waals surface area contributed by atoms with Crippen molar-refractivity contribution >= 4 is 11.7 Å².